The molecule has 0 spiro atoms. The Morgan fingerprint density at radius 1 is 1.04 bits per heavy atom. The first-order valence-electron chi connectivity index (χ1n) is 7.92. The van der Waals surface area contributed by atoms with Crippen LogP contribution in [0.5, 0.6) is 0 Å². The lowest BCUT2D eigenvalue weighted by atomic mass is 10.1. The molecule has 0 unspecified atom stereocenters. The molecule has 4 nitrogen and oxygen atoms in total. The van der Waals surface area contributed by atoms with E-state index in [-0.39, 0.29) is 5.78 Å². The molecule has 0 aliphatic carbocycles. The first kappa shape index (κ1) is 17.6. The molecule has 0 saturated heterocycles. The molecule has 0 aliphatic heterocycles. The van der Waals surface area contributed by atoms with Gasteiger partial charge in [-0.15, -0.1) is 10.2 Å². The zero-order valence-corrected chi connectivity index (χ0v) is 16.0. The third-order valence-corrected chi connectivity index (χ3v) is 5.88. The van der Waals surface area contributed by atoms with Gasteiger partial charge in [0.1, 0.15) is 0 Å². The molecule has 3 rings (SSSR count). The Morgan fingerprint density at radius 2 is 1.76 bits per heavy atom. The number of anilines is 2. The quantitative estimate of drug-likeness (QED) is 0.479. The minimum Gasteiger partial charge on any atom is -0.330 e. The van der Waals surface area contributed by atoms with E-state index in [2.05, 4.69) is 48.4 Å². The molecule has 25 heavy (non-hydrogen) atoms. The van der Waals surface area contributed by atoms with Gasteiger partial charge < -0.3 is 5.32 Å². The van der Waals surface area contributed by atoms with E-state index in [9.17, 15) is 4.79 Å². The maximum absolute atomic E-state index is 12.1. The van der Waals surface area contributed by atoms with Crippen molar-refractivity contribution in [2.45, 2.75) is 25.1 Å². The molecule has 1 aromatic heterocycles. The highest BCUT2D eigenvalue weighted by atomic mass is 32.2. The van der Waals surface area contributed by atoms with Gasteiger partial charge in [0.15, 0.2) is 10.1 Å². The fourth-order valence-electron chi connectivity index (χ4n) is 2.36. The van der Waals surface area contributed by atoms with Gasteiger partial charge in [0.25, 0.3) is 0 Å². The van der Waals surface area contributed by atoms with Gasteiger partial charge >= 0.3 is 0 Å². The lowest BCUT2D eigenvalue weighted by molar-refractivity contribution is 0.102. The van der Waals surface area contributed by atoms with Crippen LogP contribution in [0.4, 0.5) is 10.8 Å². The summed E-state index contributed by atoms with van der Waals surface area (Å²) in [7, 11) is 0. The molecular weight excluding hydrogens is 350 g/mol. The third-order valence-electron chi connectivity index (χ3n) is 3.91. The van der Waals surface area contributed by atoms with E-state index < -0.39 is 0 Å². The maximum atomic E-state index is 12.1. The van der Waals surface area contributed by atoms with Gasteiger partial charge in [0.2, 0.25) is 5.13 Å². The number of nitrogens with zero attached hydrogens (tertiary/aromatic N) is 2. The van der Waals surface area contributed by atoms with Gasteiger partial charge in [0.05, 0.1) is 5.75 Å². The molecule has 0 saturated carbocycles. The summed E-state index contributed by atoms with van der Waals surface area (Å²) in [6.07, 6.45) is 0. The lowest BCUT2D eigenvalue weighted by Crippen LogP contribution is -2.01. The van der Waals surface area contributed by atoms with Crippen molar-refractivity contribution in [3.8, 4) is 0 Å². The molecule has 0 radical (unpaired) electrons. The number of ketones is 1. The monoisotopic (exact) mass is 369 g/mol. The Bertz CT molecular complexity index is 891. The summed E-state index contributed by atoms with van der Waals surface area (Å²) in [5.74, 6) is 0.460. The molecular formula is C19H19N3OS2. The molecule has 1 N–H and O–H groups in total. The van der Waals surface area contributed by atoms with Crippen molar-refractivity contribution in [3.05, 3.63) is 64.7 Å². The minimum atomic E-state index is 0.0975. The van der Waals surface area contributed by atoms with Crippen LogP contribution in [0.2, 0.25) is 0 Å². The number of hydrogen-bond donors (Lipinski definition) is 1. The van der Waals surface area contributed by atoms with Crippen molar-refractivity contribution >= 4 is 39.7 Å². The van der Waals surface area contributed by atoms with Crippen LogP contribution in [0.3, 0.4) is 0 Å². The molecule has 2 aromatic carbocycles. The number of carbonyl (C=O) groups is 1. The number of carbonyl (C=O) groups excluding carboxylic acids is 1. The standard InChI is InChI=1S/C19H19N3OS2/c1-12-9-14(3)16(10-13(12)2)20-18-21-22-19(25-18)24-11-17(23)15-7-5-4-6-8-15/h4-10H,11H2,1-3H3,(H,20,21). The highest BCUT2D eigenvalue weighted by Crippen LogP contribution is 2.30. The Kier molecular flexibility index (Phi) is 5.50. The topological polar surface area (TPSA) is 54.9 Å². The van der Waals surface area contributed by atoms with Crippen molar-refractivity contribution in [1.82, 2.24) is 10.2 Å². The highest BCUT2D eigenvalue weighted by Gasteiger charge is 2.11. The second-order valence-corrected chi connectivity index (χ2v) is 8.03. The SMILES string of the molecule is Cc1cc(C)c(Nc2nnc(SCC(=O)c3ccccc3)s2)cc1C. The van der Waals surface area contributed by atoms with Crippen molar-refractivity contribution < 1.29 is 4.79 Å². The lowest BCUT2D eigenvalue weighted by Gasteiger charge is -2.09. The average Bonchev–Trinajstić information content (AvgIpc) is 3.06. The van der Waals surface area contributed by atoms with Crippen LogP contribution >= 0.6 is 23.1 Å². The zero-order valence-electron chi connectivity index (χ0n) is 14.4. The van der Waals surface area contributed by atoms with E-state index in [0.717, 1.165) is 20.7 Å². The van der Waals surface area contributed by atoms with Crippen molar-refractivity contribution in [1.29, 1.82) is 0 Å². The summed E-state index contributed by atoms with van der Waals surface area (Å²) in [5, 5.41) is 12.4. The van der Waals surface area contributed by atoms with Crippen molar-refractivity contribution in [2.75, 3.05) is 11.1 Å². The fraction of sp³-hybridized carbons (Fsp3) is 0.211. The summed E-state index contributed by atoms with van der Waals surface area (Å²) < 4.78 is 0.785. The van der Waals surface area contributed by atoms with Crippen LogP contribution in [0.1, 0.15) is 27.0 Å². The number of rotatable bonds is 6. The predicted octanol–water partition coefficient (Wildman–Crippen LogP) is 5.18. The van der Waals surface area contributed by atoms with Crippen molar-refractivity contribution in [3.63, 3.8) is 0 Å². The third kappa shape index (κ3) is 4.46. The molecule has 6 heteroatoms. The summed E-state index contributed by atoms with van der Waals surface area (Å²) in [6.45, 7) is 6.27. The van der Waals surface area contributed by atoms with E-state index in [4.69, 9.17) is 0 Å². The molecule has 1 heterocycles. The average molecular weight is 370 g/mol. The van der Waals surface area contributed by atoms with E-state index in [1.54, 1.807) is 0 Å². The second kappa shape index (κ2) is 7.80. The van der Waals surface area contributed by atoms with Crippen LogP contribution in [-0.2, 0) is 0 Å². The number of thioether (sulfide) groups is 1. The van der Waals surface area contributed by atoms with E-state index >= 15 is 0 Å². The molecule has 0 aliphatic rings. The zero-order chi connectivity index (χ0) is 17.8. The van der Waals surface area contributed by atoms with Gasteiger partial charge in [-0.3, -0.25) is 4.79 Å². The fourth-order valence-corrected chi connectivity index (χ4v) is 4.02. The molecule has 3 aromatic rings. The van der Waals surface area contributed by atoms with Gasteiger partial charge in [0, 0.05) is 11.3 Å². The molecule has 0 atom stereocenters. The largest absolute Gasteiger partial charge is 0.330 e. The van der Waals surface area contributed by atoms with Gasteiger partial charge in [-0.2, -0.15) is 0 Å². The van der Waals surface area contributed by atoms with Gasteiger partial charge in [-0.05, 0) is 43.5 Å². The van der Waals surface area contributed by atoms with Crippen LogP contribution in [-0.4, -0.2) is 21.7 Å². The summed E-state index contributed by atoms with van der Waals surface area (Å²) in [5.41, 5.74) is 5.45. The van der Waals surface area contributed by atoms with Crippen LogP contribution in [0.15, 0.2) is 46.8 Å². The number of Topliss-reactive ketones (excluding diaryl/α,β-unsaturated/α-hetero) is 1. The van der Waals surface area contributed by atoms with Gasteiger partial charge in [-0.1, -0.05) is 59.5 Å². The van der Waals surface area contributed by atoms with E-state index in [1.165, 1.54) is 39.8 Å². The number of aryl methyl sites for hydroxylation is 3. The summed E-state index contributed by atoms with van der Waals surface area (Å²) >= 11 is 2.88. The number of benzene rings is 2. The van der Waals surface area contributed by atoms with Crippen LogP contribution < -0.4 is 5.32 Å². The first-order chi connectivity index (χ1) is 12.0. The first-order valence-corrected chi connectivity index (χ1v) is 9.72. The Hall–Kier alpha value is -2.18. The Balaban J connectivity index is 1.63. The summed E-state index contributed by atoms with van der Waals surface area (Å²) in [6, 6.07) is 13.6. The number of hydrogen-bond acceptors (Lipinski definition) is 6. The Labute approximate surface area is 155 Å². The second-order valence-electron chi connectivity index (χ2n) is 5.83. The molecule has 0 fully saturated rings. The minimum absolute atomic E-state index is 0.0975. The van der Waals surface area contributed by atoms with E-state index in [1.807, 2.05) is 30.3 Å². The molecule has 0 amide bonds. The smallest absolute Gasteiger partial charge is 0.210 e. The van der Waals surface area contributed by atoms with E-state index in [0.29, 0.717) is 5.75 Å². The maximum Gasteiger partial charge on any atom is 0.210 e. The molecule has 0 bridgehead atoms. The summed E-state index contributed by atoms with van der Waals surface area (Å²) in [4.78, 5) is 12.1. The highest BCUT2D eigenvalue weighted by molar-refractivity contribution is 8.01. The normalized spacial score (nSPS) is 10.7. The van der Waals surface area contributed by atoms with Gasteiger partial charge in [-0.25, -0.2) is 0 Å². The van der Waals surface area contributed by atoms with Crippen LogP contribution in [0.25, 0.3) is 0 Å². The predicted molar refractivity (Wildman–Crippen MR) is 105 cm³/mol. The molecule has 128 valence electrons. The number of nitrogens with one attached hydrogen (secondary N) is 1. The van der Waals surface area contributed by atoms with Crippen LogP contribution in [0, 0.1) is 20.8 Å². The number of aromatic nitrogens is 2. The van der Waals surface area contributed by atoms with Crippen molar-refractivity contribution in [2.24, 2.45) is 0 Å². The Morgan fingerprint density at radius 3 is 2.52 bits per heavy atom.